The number of halogens is 1. The largest absolute Gasteiger partial charge is 0.275 e. The molecular formula is C7H3ClO. The Morgan fingerprint density at radius 3 is 2.78 bits per heavy atom. The second-order valence-electron chi connectivity index (χ2n) is 1.48. The van der Waals surface area contributed by atoms with Gasteiger partial charge in [-0.15, -0.1) is 0 Å². The highest BCUT2D eigenvalue weighted by molar-refractivity contribution is 6.67. The Balaban J connectivity index is 2.98. The Labute approximate surface area is 58.3 Å². The van der Waals surface area contributed by atoms with E-state index in [0.29, 0.717) is 5.56 Å². The summed E-state index contributed by atoms with van der Waals surface area (Å²) in [5.74, 6) is 0. The third kappa shape index (κ3) is 1.45. The molecule has 0 heterocycles. The van der Waals surface area contributed by atoms with Crippen molar-refractivity contribution in [2.24, 2.45) is 0 Å². The molecule has 0 aliphatic carbocycles. The van der Waals surface area contributed by atoms with Crippen molar-refractivity contribution in [3.05, 3.63) is 35.9 Å². The second kappa shape index (κ2) is 2.52. The fourth-order valence-electron chi connectivity index (χ4n) is 0.468. The molecular weight excluding hydrogens is 136 g/mol. The molecule has 0 spiro atoms. The molecule has 0 aliphatic heterocycles. The quantitative estimate of drug-likeness (QED) is 0.540. The van der Waals surface area contributed by atoms with Crippen molar-refractivity contribution in [3.63, 3.8) is 0 Å². The number of carbonyl (C=O) groups excluding carboxylic acids is 1. The first kappa shape index (κ1) is 6.12. The smallest absolute Gasteiger partial charge is 0.260 e. The lowest BCUT2D eigenvalue weighted by Crippen LogP contribution is -1.83. The van der Waals surface area contributed by atoms with Gasteiger partial charge in [0.1, 0.15) is 0 Å². The molecule has 0 bridgehead atoms. The SMILES string of the molecule is O=C(Cl)c1c#cccc1. The zero-order chi connectivity index (χ0) is 6.69. The van der Waals surface area contributed by atoms with Gasteiger partial charge in [-0.25, -0.2) is 0 Å². The van der Waals surface area contributed by atoms with Gasteiger partial charge in [0.15, 0.2) is 0 Å². The third-order valence-electron chi connectivity index (χ3n) is 0.861. The van der Waals surface area contributed by atoms with Crippen molar-refractivity contribution in [2.75, 3.05) is 0 Å². The molecule has 0 saturated heterocycles. The fraction of sp³-hybridized carbons (Fsp3) is 0. The number of rotatable bonds is 1. The maximum Gasteiger partial charge on any atom is 0.260 e. The highest BCUT2D eigenvalue weighted by Crippen LogP contribution is 1.96. The van der Waals surface area contributed by atoms with E-state index in [1.165, 1.54) is 0 Å². The van der Waals surface area contributed by atoms with Crippen LogP contribution in [-0.4, -0.2) is 5.24 Å². The van der Waals surface area contributed by atoms with Crippen molar-refractivity contribution >= 4 is 16.8 Å². The highest BCUT2D eigenvalue weighted by atomic mass is 35.5. The minimum absolute atomic E-state index is 0.360. The van der Waals surface area contributed by atoms with Gasteiger partial charge < -0.3 is 0 Å². The van der Waals surface area contributed by atoms with Crippen molar-refractivity contribution in [1.29, 1.82) is 0 Å². The second-order valence-corrected chi connectivity index (χ2v) is 1.83. The molecule has 0 N–H and O–H groups in total. The van der Waals surface area contributed by atoms with Crippen LogP contribution in [0.5, 0.6) is 0 Å². The van der Waals surface area contributed by atoms with E-state index in [2.05, 4.69) is 12.1 Å². The molecule has 0 atom stereocenters. The van der Waals surface area contributed by atoms with Crippen molar-refractivity contribution in [2.45, 2.75) is 0 Å². The summed E-state index contributed by atoms with van der Waals surface area (Å²) in [4.78, 5) is 10.4. The average Bonchev–Trinajstić information content (AvgIpc) is 1.90. The predicted molar refractivity (Wildman–Crippen MR) is 34.3 cm³/mol. The fourth-order valence-corrected chi connectivity index (χ4v) is 0.578. The van der Waals surface area contributed by atoms with Gasteiger partial charge in [0.2, 0.25) is 0 Å². The summed E-state index contributed by atoms with van der Waals surface area (Å²) < 4.78 is 0. The molecule has 0 radical (unpaired) electrons. The maximum absolute atomic E-state index is 10.4. The van der Waals surface area contributed by atoms with Gasteiger partial charge in [0.25, 0.3) is 5.24 Å². The van der Waals surface area contributed by atoms with Crippen molar-refractivity contribution in [3.8, 4) is 0 Å². The molecule has 0 amide bonds. The van der Waals surface area contributed by atoms with Crippen LogP contribution in [0.4, 0.5) is 0 Å². The summed E-state index contributed by atoms with van der Waals surface area (Å²) >= 11 is 5.11. The van der Waals surface area contributed by atoms with Crippen LogP contribution in [0.2, 0.25) is 0 Å². The first-order valence-electron chi connectivity index (χ1n) is 2.39. The molecule has 9 heavy (non-hydrogen) atoms. The predicted octanol–water partition coefficient (Wildman–Crippen LogP) is 1.67. The van der Waals surface area contributed by atoms with Gasteiger partial charge in [-0.2, -0.15) is 0 Å². The lowest BCUT2D eigenvalue weighted by molar-refractivity contribution is 0.108. The zero-order valence-corrected chi connectivity index (χ0v) is 5.27. The van der Waals surface area contributed by atoms with E-state index in [4.69, 9.17) is 11.6 Å². The number of carbonyl (C=O) groups is 1. The van der Waals surface area contributed by atoms with Crippen molar-refractivity contribution < 1.29 is 4.79 Å². The van der Waals surface area contributed by atoms with Crippen LogP contribution in [0.3, 0.4) is 0 Å². The van der Waals surface area contributed by atoms with E-state index >= 15 is 0 Å². The standard InChI is InChI=1S/C7H3ClO/c8-7(9)6-4-2-1-3-5-6/h1-2,4H. The average molecular weight is 139 g/mol. The van der Waals surface area contributed by atoms with Crippen LogP contribution in [0.25, 0.3) is 0 Å². The van der Waals surface area contributed by atoms with Crippen LogP contribution >= 0.6 is 11.6 Å². The summed E-state index contributed by atoms with van der Waals surface area (Å²) in [6, 6.07) is 10.1. The summed E-state index contributed by atoms with van der Waals surface area (Å²) in [7, 11) is 0. The molecule has 1 rings (SSSR count). The van der Waals surface area contributed by atoms with E-state index in [-0.39, 0.29) is 0 Å². The molecule has 2 heteroatoms. The highest BCUT2D eigenvalue weighted by Gasteiger charge is 1.95. The Morgan fingerprint density at radius 2 is 2.44 bits per heavy atom. The van der Waals surface area contributed by atoms with E-state index in [1.54, 1.807) is 18.2 Å². The lowest BCUT2D eigenvalue weighted by Gasteiger charge is -1.81. The Hall–Kier alpha value is -1.00. The molecule has 0 aromatic heterocycles. The van der Waals surface area contributed by atoms with Gasteiger partial charge >= 0.3 is 0 Å². The van der Waals surface area contributed by atoms with E-state index in [9.17, 15) is 4.79 Å². The number of hydrogen-bond donors (Lipinski definition) is 0. The maximum atomic E-state index is 10.4. The van der Waals surface area contributed by atoms with Crippen LogP contribution in [-0.2, 0) is 0 Å². The Kier molecular flexibility index (Phi) is 1.72. The summed E-state index contributed by atoms with van der Waals surface area (Å²) in [6.07, 6.45) is 0. The molecule has 0 fully saturated rings. The van der Waals surface area contributed by atoms with E-state index in [0.717, 1.165) is 0 Å². The van der Waals surface area contributed by atoms with Crippen molar-refractivity contribution in [1.82, 2.24) is 0 Å². The van der Waals surface area contributed by atoms with Crippen LogP contribution < -0.4 is 0 Å². The van der Waals surface area contributed by atoms with E-state index < -0.39 is 5.24 Å². The topological polar surface area (TPSA) is 17.1 Å². The molecule has 0 saturated carbocycles. The molecule has 1 aromatic rings. The molecule has 44 valence electrons. The van der Waals surface area contributed by atoms with Gasteiger partial charge in [-0.3, -0.25) is 4.79 Å². The van der Waals surface area contributed by atoms with Crippen LogP contribution in [0.1, 0.15) is 10.4 Å². The monoisotopic (exact) mass is 138 g/mol. The van der Waals surface area contributed by atoms with Gasteiger partial charge in [0.05, 0.1) is 5.56 Å². The van der Waals surface area contributed by atoms with Gasteiger partial charge in [-0.1, -0.05) is 18.2 Å². The minimum Gasteiger partial charge on any atom is -0.275 e. The summed E-state index contributed by atoms with van der Waals surface area (Å²) in [5.41, 5.74) is 0.360. The summed E-state index contributed by atoms with van der Waals surface area (Å²) in [5, 5.41) is -0.494. The first-order chi connectivity index (χ1) is 4.30. The normalized spacial score (nSPS) is 8.11. The molecule has 1 nitrogen and oxygen atoms in total. The van der Waals surface area contributed by atoms with Gasteiger partial charge in [-0.05, 0) is 23.7 Å². The van der Waals surface area contributed by atoms with Crippen LogP contribution in [0.15, 0.2) is 18.2 Å². The lowest BCUT2D eigenvalue weighted by atomic mass is 10.3. The van der Waals surface area contributed by atoms with Crippen LogP contribution in [0, 0.1) is 12.1 Å². The minimum atomic E-state index is -0.494. The number of hydrogen-bond acceptors (Lipinski definition) is 1. The van der Waals surface area contributed by atoms with E-state index in [1.807, 2.05) is 0 Å². The Bertz CT molecular complexity index is 205. The third-order valence-corrected chi connectivity index (χ3v) is 1.06. The zero-order valence-electron chi connectivity index (χ0n) is 4.52. The summed E-state index contributed by atoms with van der Waals surface area (Å²) in [6.45, 7) is 0. The first-order valence-corrected chi connectivity index (χ1v) is 2.77. The molecule has 0 aliphatic rings. The Morgan fingerprint density at radius 1 is 1.67 bits per heavy atom. The molecule has 0 unspecified atom stereocenters. The van der Waals surface area contributed by atoms with Gasteiger partial charge in [0, 0.05) is 0 Å². The molecule has 1 aromatic carbocycles.